The van der Waals surface area contributed by atoms with Crippen LogP contribution >= 0.6 is 67.8 Å². The molecule has 0 aromatic rings. The van der Waals surface area contributed by atoms with Crippen molar-refractivity contribution in [2.75, 3.05) is 0 Å². The van der Waals surface area contributed by atoms with Crippen molar-refractivity contribution in [2.45, 2.75) is 24.6 Å². The Hall–Kier alpha value is 1.86. The minimum Gasteiger partial charge on any atom is -0.310 e. The van der Waals surface area contributed by atoms with Crippen LogP contribution in [-0.2, 0) is 0 Å². The number of rotatable bonds is 0. The summed E-state index contributed by atoms with van der Waals surface area (Å²) in [7, 11) is 0. The lowest BCUT2D eigenvalue weighted by molar-refractivity contribution is 0.715. The minimum atomic E-state index is 0.403. The summed E-state index contributed by atoms with van der Waals surface area (Å²) in [5.74, 6) is 0. The van der Waals surface area contributed by atoms with E-state index in [9.17, 15) is 0 Å². The SMILES string of the molecule is N=C1CCC(I)(I)C(I)C1. The molecule has 0 spiro atoms. The second-order valence-corrected chi connectivity index (χ2v) is 9.95. The fraction of sp³-hybridized carbons (Fsp3) is 0.833. The van der Waals surface area contributed by atoms with Gasteiger partial charge in [-0.25, -0.2) is 0 Å². The zero-order valence-corrected chi connectivity index (χ0v) is 11.8. The van der Waals surface area contributed by atoms with Crippen LogP contribution in [0.5, 0.6) is 0 Å². The molecular formula is C6H8I3N. The molecule has 0 saturated heterocycles. The molecule has 1 aliphatic carbocycles. The van der Waals surface area contributed by atoms with Crippen molar-refractivity contribution in [3.8, 4) is 0 Å². The fourth-order valence-electron chi connectivity index (χ4n) is 0.942. The Bertz CT molecular complexity index is 155. The number of hydrogen-bond acceptors (Lipinski definition) is 1. The van der Waals surface area contributed by atoms with Gasteiger partial charge in [-0.15, -0.1) is 0 Å². The maximum atomic E-state index is 7.48. The van der Waals surface area contributed by atoms with Gasteiger partial charge in [0.05, 0.1) is 1.43 Å². The Balaban J connectivity index is 2.60. The van der Waals surface area contributed by atoms with Crippen LogP contribution in [0.3, 0.4) is 0 Å². The predicted molar refractivity (Wildman–Crippen MR) is 70.2 cm³/mol. The molecule has 1 fully saturated rings. The van der Waals surface area contributed by atoms with E-state index in [1.807, 2.05) is 0 Å². The Morgan fingerprint density at radius 2 is 2.10 bits per heavy atom. The van der Waals surface area contributed by atoms with Crippen molar-refractivity contribution < 1.29 is 0 Å². The first-order chi connectivity index (χ1) is 4.52. The summed E-state index contributed by atoms with van der Waals surface area (Å²) in [6, 6.07) is 0. The predicted octanol–water partition coefficient (Wildman–Crippen LogP) is 3.56. The van der Waals surface area contributed by atoms with Crippen LogP contribution in [-0.4, -0.2) is 11.1 Å². The molecule has 0 bridgehead atoms. The van der Waals surface area contributed by atoms with E-state index >= 15 is 0 Å². The number of hydrogen-bond donors (Lipinski definition) is 1. The molecule has 0 radical (unpaired) electrons. The van der Waals surface area contributed by atoms with Crippen molar-refractivity contribution in [3.63, 3.8) is 0 Å². The molecular weight excluding hydrogens is 467 g/mol. The van der Waals surface area contributed by atoms with Gasteiger partial charge in [0.2, 0.25) is 0 Å². The van der Waals surface area contributed by atoms with E-state index in [0.29, 0.717) is 5.35 Å². The van der Waals surface area contributed by atoms with E-state index in [0.717, 1.165) is 18.6 Å². The summed E-state index contributed by atoms with van der Waals surface area (Å²) in [4.78, 5) is 0. The molecule has 0 heterocycles. The summed E-state index contributed by atoms with van der Waals surface area (Å²) in [5, 5.41) is 7.48. The van der Waals surface area contributed by atoms with Crippen LogP contribution in [0, 0.1) is 5.41 Å². The zero-order chi connectivity index (χ0) is 7.78. The first-order valence-corrected chi connectivity index (χ1v) is 6.51. The molecule has 1 N–H and O–H groups in total. The molecule has 58 valence electrons. The van der Waals surface area contributed by atoms with E-state index in [-0.39, 0.29) is 0 Å². The first kappa shape index (κ1) is 9.94. The lowest BCUT2D eigenvalue weighted by Gasteiger charge is -2.31. The van der Waals surface area contributed by atoms with Crippen molar-refractivity contribution in [2.24, 2.45) is 0 Å². The molecule has 1 aliphatic rings. The topological polar surface area (TPSA) is 23.9 Å². The van der Waals surface area contributed by atoms with Gasteiger partial charge >= 0.3 is 0 Å². The van der Waals surface area contributed by atoms with Gasteiger partial charge in [-0.1, -0.05) is 67.8 Å². The fourth-order valence-corrected chi connectivity index (χ4v) is 2.76. The summed E-state index contributed by atoms with van der Waals surface area (Å²) >= 11 is 7.48. The summed E-state index contributed by atoms with van der Waals surface area (Å²) < 4.78 is 1.05. The number of halogens is 3. The van der Waals surface area contributed by atoms with E-state index in [4.69, 9.17) is 5.41 Å². The number of alkyl halides is 3. The van der Waals surface area contributed by atoms with Gasteiger partial charge < -0.3 is 5.41 Å². The van der Waals surface area contributed by atoms with Crippen LogP contribution in [0.25, 0.3) is 0 Å². The largest absolute Gasteiger partial charge is 0.310 e. The normalized spacial score (nSPS) is 32.3. The average molecular weight is 475 g/mol. The molecule has 1 saturated carbocycles. The van der Waals surface area contributed by atoms with Crippen LogP contribution in [0.2, 0.25) is 0 Å². The molecule has 1 rings (SSSR count). The van der Waals surface area contributed by atoms with Crippen molar-refractivity contribution in [3.05, 3.63) is 0 Å². The molecule has 4 heteroatoms. The third-order valence-corrected chi connectivity index (χ3v) is 8.11. The third-order valence-electron chi connectivity index (χ3n) is 1.64. The molecule has 0 aromatic carbocycles. The van der Waals surface area contributed by atoms with E-state index in [1.54, 1.807) is 0 Å². The Kier molecular flexibility index (Phi) is 3.69. The van der Waals surface area contributed by atoms with Crippen LogP contribution in [0.1, 0.15) is 19.3 Å². The lowest BCUT2D eigenvalue weighted by atomic mass is 9.99. The van der Waals surface area contributed by atoms with Gasteiger partial charge in [-0.05, 0) is 19.3 Å². The highest BCUT2D eigenvalue weighted by molar-refractivity contribution is 14.2. The van der Waals surface area contributed by atoms with Crippen LogP contribution < -0.4 is 0 Å². The van der Waals surface area contributed by atoms with Gasteiger partial charge in [0.15, 0.2) is 0 Å². The van der Waals surface area contributed by atoms with Crippen molar-refractivity contribution >= 4 is 73.5 Å². The molecule has 1 unspecified atom stereocenters. The van der Waals surface area contributed by atoms with Crippen LogP contribution in [0.15, 0.2) is 0 Å². The summed E-state index contributed by atoms with van der Waals surface area (Å²) in [6.07, 6.45) is 3.17. The quantitative estimate of drug-likeness (QED) is 0.410. The van der Waals surface area contributed by atoms with Crippen molar-refractivity contribution in [1.82, 2.24) is 0 Å². The molecule has 0 amide bonds. The highest BCUT2D eigenvalue weighted by atomic mass is 127. The standard InChI is InChI=1S/C6H8I3N/c7-5-3-4(10)1-2-6(5,8)9/h5,10H,1-3H2. The van der Waals surface area contributed by atoms with E-state index in [2.05, 4.69) is 67.8 Å². The second kappa shape index (κ2) is 3.71. The molecule has 10 heavy (non-hydrogen) atoms. The Morgan fingerprint density at radius 1 is 1.50 bits per heavy atom. The highest BCUT2D eigenvalue weighted by Crippen LogP contribution is 2.45. The molecule has 0 aliphatic heterocycles. The summed E-state index contributed by atoms with van der Waals surface area (Å²) in [6.45, 7) is 0. The van der Waals surface area contributed by atoms with Crippen molar-refractivity contribution in [1.29, 1.82) is 5.41 Å². The second-order valence-electron chi connectivity index (χ2n) is 2.54. The van der Waals surface area contributed by atoms with E-state index in [1.165, 1.54) is 6.42 Å². The first-order valence-electron chi connectivity index (χ1n) is 3.10. The maximum absolute atomic E-state index is 7.48. The summed E-state index contributed by atoms with van der Waals surface area (Å²) in [5.41, 5.74) is 0.934. The molecule has 1 atom stereocenters. The van der Waals surface area contributed by atoms with Gasteiger partial charge in [0.25, 0.3) is 0 Å². The Labute approximate surface area is 102 Å². The Morgan fingerprint density at radius 3 is 2.50 bits per heavy atom. The average Bonchev–Trinajstić information content (AvgIpc) is 1.81. The molecule has 1 nitrogen and oxygen atoms in total. The maximum Gasteiger partial charge on any atom is 0.0858 e. The van der Waals surface area contributed by atoms with Gasteiger partial charge in [-0.3, -0.25) is 0 Å². The number of nitrogens with one attached hydrogen (secondary N) is 1. The van der Waals surface area contributed by atoms with Gasteiger partial charge in [-0.2, -0.15) is 0 Å². The van der Waals surface area contributed by atoms with E-state index < -0.39 is 0 Å². The lowest BCUT2D eigenvalue weighted by Crippen LogP contribution is -2.32. The highest BCUT2D eigenvalue weighted by Gasteiger charge is 2.35. The zero-order valence-electron chi connectivity index (χ0n) is 5.33. The third kappa shape index (κ3) is 2.43. The smallest absolute Gasteiger partial charge is 0.0858 e. The minimum absolute atomic E-state index is 0.403. The van der Waals surface area contributed by atoms with Gasteiger partial charge in [0.1, 0.15) is 0 Å². The van der Waals surface area contributed by atoms with Gasteiger partial charge in [0, 0.05) is 9.64 Å². The molecule has 0 aromatic heterocycles. The monoisotopic (exact) mass is 475 g/mol. The van der Waals surface area contributed by atoms with Crippen LogP contribution in [0.4, 0.5) is 0 Å².